The second-order valence-electron chi connectivity index (χ2n) is 5.74. The van der Waals surface area contributed by atoms with Gasteiger partial charge in [0, 0.05) is 18.3 Å². The minimum absolute atomic E-state index is 0.461. The molecule has 4 heteroatoms. The number of aryl methyl sites for hydroxylation is 1. The molecule has 3 atom stereocenters. The van der Waals surface area contributed by atoms with Crippen LogP contribution in [-0.4, -0.2) is 20.1 Å². The van der Waals surface area contributed by atoms with Crippen LogP contribution in [0.25, 0.3) is 0 Å². The molecule has 1 aromatic heterocycles. The summed E-state index contributed by atoms with van der Waals surface area (Å²) < 4.78 is 2.05. The maximum absolute atomic E-state index is 4.46. The van der Waals surface area contributed by atoms with Gasteiger partial charge in [-0.1, -0.05) is 22.4 Å². The van der Waals surface area contributed by atoms with Gasteiger partial charge in [0.25, 0.3) is 0 Å². The SMILES string of the molecule is CCn1ncnc1CC1(CBr)CC2CCC1C2. The molecule has 3 rings (SSSR count). The van der Waals surface area contributed by atoms with E-state index in [1.54, 1.807) is 6.33 Å². The van der Waals surface area contributed by atoms with Gasteiger partial charge >= 0.3 is 0 Å². The van der Waals surface area contributed by atoms with E-state index in [4.69, 9.17) is 0 Å². The fraction of sp³-hybridized carbons (Fsp3) is 0.846. The Bertz CT molecular complexity index is 403. The molecule has 1 heterocycles. The molecule has 2 bridgehead atoms. The molecule has 3 unspecified atom stereocenters. The minimum Gasteiger partial charge on any atom is -0.250 e. The molecule has 0 aromatic carbocycles. The fourth-order valence-electron chi connectivity index (χ4n) is 3.99. The summed E-state index contributed by atoms with van der Waals surface area (Å²) in [5.74, 6) is 3.07. The topological polar surface area (TPSA) is 30.7 Å². The number of hydrogen-bond donors (Lipinski definition) is 0. The highest BCUT2D eigenvalue weighted by atomic mass is 79.9. The standard InChI is InChI=1S/C13H20BrN3/c1-2-17-12(15-9-16-17)7-13(8-14)6-10-3-4-11(13)5-10/h9-11H,2-8H2,1H3. The van der Waals surface area contributed by atoms with Gasteiger partial charge in [-0.15, -0.1) is 0 Å². The van der Waals surface area contributed by atoms with Gasteiger partial charge in [0.15, 0.2) is 0 Å². The number of hydrogen-bond acceptors (Lipinski definition) is 2. The van der Waals surface area contributed by atoms with Gasteiger partial charge in [-0.3, -0.25) is 4.68 Å². The van der Waals surface area contributed by atoms with E-state index in [0.29, 0.717) is 5.41 Å². The van der Waals surface area contributed by atoms with E-state index in [9.17, 15) is 0 Å². The Morgan fingerprint density at radius 2 is 2.41 bits per heavy atom. The van der Waals surface area contributed by atoms with Crippen LogP contribution in [0.3, 0.4) is 0 Å². The van der Waals surface area contributed by atoms with Crippen molar-refractivity contribution in [3.63, 3.8) is 0 Å². The number of rotatable bonds is 4. The average Bonchev–Trinajstić information content (AvgIpc) is 3.03. The van der Waals surface area contributed by atoms with Crippen LogP contribution in [0.4, 0.5) is 0 Å². The van der Waals surface area contributed by atoms with E-state index in [2.05, 4.69) is 37.6 Å². The number of halogens is 1. The minimum atomic E-state index is 0.461. The van der Waals surface area contributed by atoms with Crippen molar-refractivity contribution in [2.75, 3.05) is 5.33 Å². The van der Waals surface area contributed by atoms with Gasteiger partial charge in [-0.2, -0.15) is 5.10 Å². The Hall–Kier alpha value is -0.380. The summed E-state index contributed by atoms with van der Waals surface area (Å²) in [6, 6.07) is 0. The highest BCUT2D eigenvalue weighted by Crippen LogP contribution is 2.57. The lowest BCUT2D eigenvalue weighted by molar-refractivity contribution is 0.190. The maximum Gasteiger partial charge on any atom is 0.138 e. The van der Waals surface area contributed by atoms with Crippen molar-refractivity contribution in [2.45, 2.75) is 45.6 Å². The Kier molecular flexibility index (Phi) is 3.01. The van der Waals surface area contributed by atoms with Crippen LogP contribution in [0.1, 0.15) is 38.4 Å². The first-order valence-electron chi connectivity index (χ1n) is 6.70. The molecule has 0 N–H and O–H groups in total. The average molecular weight is 298 g/mol. The van der Waals surface area contributed by atoms with Crippen molar-refractivity contribution in [3.8, 4) is 0 Å². The summed E-state index contributed by atoms with van der Waals surface area (Å²) in [5.41, 5.74) is 0.461. The predicted molar refractivity (Wildman–Crippen MR) is 71.1 cm³/mol. The van der Waals surface area contributed by atoms with E-state index < -0.39 is 0 Å². The largest absolute Gasteiger partial charge is 0.250 e. The molecule has 2 aliphatic rings. The van der Waals surface area contributed by atoms with Crippen LogP contribution in [-0.2, 0) is 13.0 Å². The summed E-state index contributed by atoms with van der Waals surface area (Å²) >= 11 is 3.77. The zero-order valence-corrected chi connectivity index (χ0v) is 12.0. The van der Waals surface area contributed by atoms with Gasteiger partial charge in [0.05, 0.1) is 0 Å². The molecule has 0 aliphatic heterocycles. The summed E-state index contributed by atoms with van der Waals surface area (Å²) in [4.78, 5) is 4.46. The Morgan fingerprint density at radius 3 is 3.00 bits per heavy atom. The molecule has 3 nitrogen and oxygen atoms in total. The normalized spacial score (nSPS) is 35.6. The molecule has 17 heavy (non-hydrogen) atoms. The number of fused-ring (bicyclic) bond motifs is 2. The number of aromatic nitrogens is 3. The van der Waals surface area contributed by atoms with Crippen molar-refractivity contribution < 1.29 is 0 Å². The van der Waals surface area contributed by atoms with Crippen molar-refractivity contribution in [1.82, 2.24) is 14.8 Å². The van der Waals surface area contributed by atoms with Crippen LogP contribution >= 0.6 is 15.9 Å². The van der Waals surface area contributed by atoms with Crippen molar-refractivity contribution in [1.29, 1.82) is 0 Å². The van der Waals surface area contributed by atoms with Gasteiger partial charge in [-0.25, -0.2) is 4.98 Å². The third-order valence-corrected chi connectivity index (χ3v) is 5.99. The van der Waals surface area contributed by atoms with E-state index in [1.165, 1.54) is 31.5 Å². The number of nitrogens with zero attached hydrogens (tertiary/aromatic N) is 3. The van der Waals surface area contributed by atoms with E-state index >= 15 is 0 Å². The predicted octanol–water partition coefficient (Wildman–Crippen LogP) is 3.04. The van der Waals surface area contributed by atoms with Crippen LogP contribution < -0.4 is 0 Å². The van der Waals surface area contributed by atoms with Crippen LogP contribution in [0, 0.1) is 17.3 Å². The molecule has 0 saturated heterocycles. The van der Waals surface area contributed by atoms with Gasteiger partial charge in [0.2, 0.25) is 0 Å². The maximum atomic E-state index is 4.46. The molecule has 94 valence electrons. The second-order valence-corrected chi connectivity index (χ2v) is 6.31. The third kappa shape index (κ3) is 1.85. The van der Waals surface area contributed by atoms with Gasteiger partial charge in [0.1, 0.15) is 12.2 Å². The lowest BCUT2D eigenvalue weighted by Gasteiger charge is -2.36. The highest BCUT2D eigenvalue weighted by molar-refractivity contribution is 9.09. The second kappa shape index (κ2) is 4.38. The van der Waals surface area contributed by atoms with Crippen LogP contribution in [0.5, 0.6) is 0 Å². The van der Waals surface area contributed by atoms with Gasteiger partial charge < -0.3 is 0 Å². The molecule has 0 amide bonds. The smallest absolute Gasteiger partial charge is 0.138 e. The molecular formula is C13H20BrN3. The van der Waals surface area contributed by atoms with Crippen molar-refractivity contribution in [2.24, 2.45) is 17.3 Å². The third-order valence-electron chi connectivity index (χ3n) is 4.87. The first-order valence-corrected chi connectivity index (χ1v) is 7.82. The summed E-state index contributed by atoms with van der Waals surface area (Å²) in [6.45, 7) is 3.07. The molecule has 2 aliphatic carbocycles. The molecule has 1 aromatic rings. The highest BCUT2D eigenvalue weighted by Gasteiger charge is 2.50. The first-order chi connectivity index (χ1) is 8.27. The van der Waals surface area contributed by atoms with E-state index in [1.807, 2.05) is 0 Å². The molecule has 0 radical (unpaired) electrons. The van der Waals surface area contributed by atoms with Gasteiger partial charge in [-0.05, 0) is 43.4 Å². The molecule has 2 saturated carbocycles. The van der Waals surface area contributed by atoms with Crippen LogP contribution in [0.15, 0.2) is 6.33 Å². The Morgan fingerprint density at radius 1 is 1.53 bits per heavy atom. The summed E-state index contributed by atoms with van der Waals surface area (Å²) in [6.07, 6.45) is 8.53. The van der Waals surface area contributed by atoms with Crippen molar-refractivity contribution in [3.05, 3.63) is 12.2 Å². The summed E-state index contributed by atoms with van der Waals surface area (Å²) in [7, 11) is 0. The Balaban J connectivity index is 1.83. The zero-order valence-electron chi connectivity index (χ0n) is 10.4. The lowest BCUT2D eigenvalue weighted by Crippen LogP contribution is -2.33. The van der Waals surface area contributed by atoms with Crippen LogP contribution in [0.2, 0.25) is 0 Å². The zero-order chi connectivity index (χ0) is 11.9. The quantitative estimate of drug-likeness (QED) is 0.800. The lowest BCUT2D eigenvalue weighted by atomic mass is 9.72. The monoisotopic (exact) mass is 297 g/mol. The molecular weight excluding hydrogens is 278 g/mol. The van der Waals surface area contributed by atoms with Crippen molar-refractivity contribution >= 4 is 15.9 Å². The molecule has 0 spiro atoms. The van der Waals surface area contributed by atoms with E-state index in [0.717, 1.165) is 30.1 Å². The van der Waals surface area contributed by atoms with E-state index in [-0.39, 0.29) is 0 Å². The summed E-state index contributed by atoms with van der Waals surface area (Å²) in [5, 5.41) is 5.42. The Labute approximate surface area is 111 Å². The molecule has 2 fully saturated rings. The fourth-order valence-corrected chi connectivity index (χ4v) is 4.87. The first kappa shape index (κ1) is 11.7. The number of alkyl halides is 1.